The minimum atomic E-state index is -0.0234. The Morgan fingerprint density at radius 3 is 2.65 bits per heavy atom. The molecular weight excluding hydrogens is 250 g/mol. The van der Waals surface area contributed by atoms with E-state index >= 15 is 0 Å². The Kier molecular flexibility index (Phi) is 5.22. The van der Waals surface area contributed by atoms with Gasteiger partial charge in [0, 0.05) is 18.5 Å². The van der Waals surface area contributed by atoms with E-state index in [0.29, 0.717) is 12.4 Å². The second-order valence-corrected chi connectivity index (χ2v) is 5.19. The lowest BCUT2D eigenvalue weighted by atomic mass is 10.1. The first-order valence-electron chi connectivity index (χ1n) is 7.45. The van der Waals surface area contributed by atoms with E-state index in [1.807, 2.05) is 24.3 Å². The molecule has 0 N–H and O–H groups in total. The zero-order valence-corrected chi connectivity index (χ0v) is 12.4. The quantitative estimate of drug-likeness (QED) is 0.717. The fourth-order valence-electron chi connectivity index (χ4n) is 2.39. The number of hydrogen-bond acceptors (Lipinski definition) is 2. The van der Waals surface area contributed by atoms with Crippen molar-refractivity contribution in [1.29, 1.82) is 0 Å². The predicted molar refractivity (Wildman–Crippen MR) is 83.4 cm³/mol. The van der Waals surface area contributed by atoms with Gasteiger partial charge in [-0.25, -0.2) is 0 Å². The smallest absolute Gasteiger partial charge is 0.254 e. The van der Waals surface area contributed by atoms with Crippen LogP contribution in [-0.2, 0) is 7.05 Å². The molecule has 2 rings (SSSR count). The largest absolute Gasteiger partial charge is 0.493 e. The first-order valence-corrected chi connectivity index (χ1v) is 7.45. The summed E-state index contributed by atoms with van der Waals surface area (Å²) in [7, 11) is 1.79. The van der Waals surface area contributed by atoms with E-state index < -0.39 is 0 Å². The molecule has 3 nitrogen and oxygen atoms in total. The number of aromatic nitrogens is 1. The van der Waals surface area contributed by atoms with E-state index in [-0.39, 0.29) is 5.56 Å². The van der Waals surface area contributed by atoms with Crippen LogP contribution in [0.25, 0.3) is 10.9 Å². The molecule has 1 aromatic heterocycles. The van der Waals surface area contributed by atoms with Crippen molar-refractivity contribution >= 4 is 10.9 Å². The number of benzene rings is 1. The van der Waals surface area contributed by atoms with Crippen LogP contribution in [0.4, 0.5) is 0 Å². The number of rotatable bonds is 7. The van der Waals surface area contributed by atoms with Gasteiger partial charge in [-0.3, -0.25) is 4.79 Å². The van der Waals surface area contributed by atoms with E-state index in [9.17, 15) is 4.79 Å². The molecule has 0 radical (unpaired) electrons. The fourth-order valence-corrected chi connectivity index (χ4v) is 2.39. The van der Waals surface area contributed by atoms with Gasteiger partial charge < -0.3 is 9.30 Å². The first kappa shape index (κ1) is 14.6. The van der Waals surface area contributed by atoms with Crippen LogP contribution in [0.15, 0.2) is 35.1 Å². The number of aryl methyl sites for hydroxylation is 1. The molecule has 0 spiro atoms. The maximum atomic E-state index is 11.9. The highest BCUT2D eigenvalue weighted by Crippen LogP contribution is 2.23. The van der Waals surface area contributed by atoms with E-state index in [2.05, 4.69) is 6.92 Å². The lowest BCUT2D eigenvalue weighted by molar-refractivity contribution is 0.307. The summed E-state index contributed by atoms with van der Waals surface area (Å²) in [6, 6.07) is 9.46. The Balaban J connectivity index is 2.07. The molecule has 0 fully saturated rings. The van der Waals surface area contributed by atoms with Crippen LogP contribution in [0, 0.1) is 0 Å². The van der Waals surface area contributed by atoms with Gasteiger partial charge >= 0.3 is 0 Å². The van der Waals surface area contributed by atoms with Crippen molar-refractivity contribution in [3.8, 4) is 5.75 Å². The Morgan fingerprint density at radius 2 is 1.85 bits per heavy atom. The number of ether oxygens (including phenoxy) is 1. The number of nitrogens with zero attached hydrogens (tertiary/aromatic N) is 1. The fraction of sp³-hybridized carbons (Fsp3) is 0.471. The molecule has 20 heavy (non-hydrogen) atoms. The molecule has 0 aliphatic heterocycles. The molecule has 108 valence electrons. The van der Waals surface area contributed by atoms with Crippen molar-refractivity contribution in [2.45, 2.75) is 39.0 Å². The number of para-hydroxylation sites is 1. The van der Waals surface area contributed by atoms with Crippen molar-refractivity contribution in [3.05, 3.63) is 40.7 Å². The molecule has 0 aliphatic carbocycles. The van der Waals surface area contributed by atoms with Crippen LogP contribution < -0.4 is 10.3 Å². The summed E-state index contributed by atoms with van der Waals surface area (Å²) in [6.45, 7) is 2.89. The maximum absolute atomic E-state index is 11.9. The van der Waals surface area contributed by atoms with Gasteiger partial charge in [-0.1, -0.05) is 44.7 Å². The molecule has 0 amide bonds. The SMILES string of the molecule is CCCCCCCOc1cc(=O)n(C)c2ccccc12. The molecule has 0 saturated heterocycles. The van der Waals surface area contributed by atoms with E-state index in [4.69, 9.17) is 4.74 Å². The summed E-state index contributed by atoms with van der Waals surface area (Å²) in [4.78, 5) is 11.9. The average Bonchev–Trinajstić information content (AvgIpc) is 2.47. The second-order valence-electron chi connectivity index (χ2n) is 5.19. The molecule has 0 atom stereocenters. The standard InChI is InChI=1S/C17H23NO2/c1-3-4-5-6-9-12-20-16-13-17(19)18(2)15-11-8-7-10-14(15)16/h7-8,10-11,13H,3-6,9,12H2,1-2H3. The highest BCUT2D eigenvalue weighted by Gasteiger charge is 2.06. The Hall–Kier alpha value is -1.77. The zero-order valence-electron chi connectivity index (χ0n) is 12.4. The van der Waals surface area contributed by atoms with Crippen LogP contribution in [-0.4, -0.2) is 11.2 Å². The summed E-state index contributed by atoms with van der Waals surface area (Å²) in [6.07, 6.45) is 6.03. The lowest BCUT2D eigenvalue weighted by Crippen LogP contribution is -2.16. The Labute approximate surface area is 120 Å². The number of fused-ring (bicyclic) bond motifs is 1. The highest BCUT2D eigenvalue weighted by molar-refractivity contribution is 5.85. The minimum absolute atomic E-state index is 0.0234. The van der Waals surface area contributed by atoms with E-state index in [0.717, 1.165) is 17.3 Å². The Bertz CT molecular complexity index is 616. The van der Waals surface area contributed by atoms with Gasteiger partial charge in [-0.15, -0.1) is 0 Å². The summed E-state index contributed by atoms with van der Waals surface area (Å²) < 4.78 is 7.48. The van der Waals surface area contributed by atoms with Crippen LogP contribution in [0.1, 0.15) is 39.0 Å². The first-order chi connectivity index (χ1) is 9.74. The number of unbranched alkanes of at least 4 members (excludes halogenated alkanes) is 4. The van der Waals surface area contributed by atoms with Crippen LogP contribution in [0.2, 0.25) is 0 Å². The molecule has 0 unspecified atom stereocenters. The molecule has 2 aromatic rings. The van der Waals surface area contributed by atoms with Crippen LogP contribution in [0.5, 0.6) is 5.75 Å². The van der Waals surface area contributed by atoms with E-state index in [1.54, 1.807) is 17.7 Å². The maximum Gasteiger partial charge on any atom is 0.254 e. The zero-order chi connectivity index (χ0) is 14.4. The summed E-state index contributed by atoms with van der Waals surface area (Å²) in [5.41, 5.74) is 0.894. The summed E-state index contributed by atoms with van der Waals surface area (Å²) in [5, 5.41) is 1.00. The van der Waals surface area contributed by atoms with Gasteiger partial charge in [0.25, 0.3) is 5.56 Å². The third kappa shape index (κ3) is 3.41. The molecule has 3 heteroatoms. The van der Waals surface area contributed by atoms with Gasteiger partial charge in [0.15, 0.2) is 0 Å². The normalized spacial score (nSPS) is 10.9. The summed E-state index contributed by atoms with van der Waals surface area (Å²) >= 11 is 0. The third-order valence-corrected chi connectivity index (χ3v) is 3.62. The van der Waals surface area contributed by atoms with E-state index in [1.165, 1.54) is 25.7 Å². The van der Waals surface area contributed by atoms with Crippen LogP contribution >= 0.6 is 0 Å². The number of hydrogen-bond donors (Lipinski definition) is 0. The topological polar surface area (TPSA) is 31.2 Å². The monoisotopic (exact) mass is 273 g/mol. The molecular formula is C17H23NO2. The highest BCUT2D eigenvalue weighted by atomic mass is 16.5. The summed E-state index contributed by atoms with van der Waals surface area (Å²) in [5.74, 6) is 0.708. The van der Waals surface area contributed by atoms with Crippen molar-refractivity contribution in [1.82, 2.24) is 4.57 Å². The Morgan fingerprint density at radius 1 is 1.10 bits per heavy atom. The van der Waals surface area contributed by atoms with Crippen molar-refractivity contribution in [2.75, 3.05) is 6.61 Å². The molecule has 0 aliphatic rings. The van der Waals surface area contributed by atoms with Crippen molar-refractivity contribution in [3.63, 3.8) is 0 Å². The van der Waals surface area contributed by atoms with Crippen molar-refractivity contribution in [2.24, 2.45) is 7.05 Å². The molecule has 0 bridgehead atoms. The van der Waals surface area contributed by atoms with Gasteiger partial charge in [-0.05, 0) is 18.6 Å². The average molecular weight is 273 g/mol. The van der Waals surface area contributed by atoms with Crippen LogP contribution in [0.3, 0.4) is 0 Å². The lowest BCUT2D eigenvalue weighted by Gasteiger charge is -2.11. The number of pyridine rings is 1. The van der Waals surface area contributed by atoms with Gasteiger partial charge in [0.05, 0.1) is 12.1 Å². The molecule has 0 saturated carbocycles. The predicted octanol–water partition coefficient (Wildman–Crippen LogP) is 3.89. The third-order valence-electron chi connectivity index (χ3n) is 3.62. The van der Waals surface area contributed by atoms with Crippen molar-refractivity contribution < 1.29 is 4.74 Å². The molecule has 1 aromatic carbocycles. The minimum Gasteiger partial charge on any atom is -0.493 e. The van der Waals surface area contributed by atoms with Gasteiger partial charge in [-0.2, -0.15) is 0 Å². The molecule has 1 heterocycles. The second kappa shape index (κ2) is 7.13. The van der Waals surface area contributed by atoms with Gasteiger partial charge in [0.2, 0.25) is 0 Å². The van der Waals surface area contributed by atoms with Gasteiger partial charge in [0.1, 0.15) is 5.75 Å².